The fourth-order valence-electron chi connectivity index (χ4n) is 3.84. The zero-order chi connectivity index (χ0) is 14.7. The number of rotatable bonds is 3. The molecule has 1 atom stereocenters. The van der Waals surface area contributed by atoms with E-state index in [9.17, 15) is 0 Å². The molecule has 1 saturated heterocycles. The van der Waals surface area contributed by atoms with Gasteiger partial charge in [0.05, 0.1) is 6.61 Å². The van der Waals surface area contributed by atoms with Crippen LogP contribution in [0.1, 0.15) is 46.0 Å². The molecule has 1 saturated carbocycles. The average molecular weight is 288 g/mol. The van der Waals surface area contributed by atoms with E-state index < -0.39 is 0 Å². The quantitative estimate of drug-likeness (QED) is 0.920. The van der Waals surface area contributed by atoms with Crippen molar-refractivity contribution in [2.24, 2.45) is 0 Å². The van der Waals surface area contributed by atoms with E-state index >= 15 is 0 Å². The summed E-state index contributed by atoms with van der Waals surface area (Å²) in [5, 5.41) is 3.85. The second kappa shape index (κ2) is 6.27. The molecule has 2 aliphatic rings. The highest BCUT2D eigenvalue weighted by atomic mass is 16.5. The van der Waals surface area contributed by atoms with E-state index in [1.54, 1.807) is 0 Å². The van der Waals surface area contributed by atoms with E-state index in [0.29, 0.717) is 11.6 Å². The van der Waals surface area contributed by atoms with Crippen molar-refractivity contribution >= 4 is 5.69 Å². The van der Waals surface area contributed by atoms with E-state index in [2.05, 4.69) is 41.4 Å². The number of nitrogens with zero attached hydrogens (tertiary/aromatic N) is 1. The van der Waals surface area contributed by atoms with E-state index in [0.717, 1.165) is 25.4 Å². The van der Waals surface area contributed by atoms with Crippen molar-refractivity contribution in [3.8, 4) is 5.75 Å². The molecular weight excluding hydrogens is 260 g/mol. The van der Waals surface area contributed by atoms with Crippen LogP contribution in [0.5, 0.6) is 5.75 Å². The molecule has 1 aromatic rings. The maximum atomic E-state index is 5.67. The summed E-state index contributed by atoms with van der Waals surface area (Å²) < 4.78 is 5.67. The number of piperazine rings is 1. The Morgan fingerprint density at radius 2 is 2.10 bits per heavy atom. The largest absolute Gasteiger partial charge is 0.494 e. The van der Waals surface area contributed by atoms with Crippen molar-refractivity contribution in [3.63, 3.8) is 0 Å². The van der Waals surface area contributed by atoms with Gasteiger partial charge in [0, 0.05) is 36.4 Å². The zero-order valence-electron chi connectivity index (χ0n) is 13.4. The first-order chi connectivity index (χ1) is 10.2. The van der Waals surface area contributed by atoms with Crippen LogP contribution in [0, 0.1) is 0 Å². The highest BCUT2D eigenvalue weighted by molar-refractivity contribution is 5.52. The van der Waals surface area contributed by atoms with Crippen molar-refractivity contribution in [2.75, 3.05) is 24.6 Å². The summed E-state index contributed by atoms with van der Waals surface area (Å²) in [5.41, 5.74) is 1.65. The van der Waals surface area contributed by atoms with Crippen LogP contribution in [0.4, 0.5) is 5.69 Å². The Balaban J connectivity index is 1.80. The molecule has 0 radical (unpaired) electrons. The minimum atomic E-state index is 0.340. The normalized spacial score (nSPS) is 25.0. The molecule has 3 heteroatoms. The van der Waals surface area contributed by atoms with Crippen LogP contribution in [0.15, 0.2) is 24.3 Å². The smallest absolute Gasteiger partial charge is 0.121 e. The molecule has 2 fully saturated rings. The van der Waals surface area contributed by atoms with Gasteiger partial charge in [-0.05, 0) is 38.8 Å². The molecule has 3 rings (SSSR count). The SMILES string of the molecule is CCOc1cccc(N2CC3(CCCCC3)NCC2C)c1. The summed E-state index contributed by atoms with van der Waals surface area (Å²) in [7, 11) is 0. The molecule has 0 aromatic heterocycles. The molecule has 116 valence electrons. The average Bonchev–Trinajstić information content (AvgIpc) is 2.52. The first-order valence-corrected chi connectivity index (χ1v) is 8.47. The Labute approximate surface area is 128 Å². The summed E-state index contributed by atoms with van der Waals surface area (Å²) >= 11 is 0. The maximum absolute atomic E-state index is 5.67. The van der Waals surface area contributed by atoms with Crippen LogP contribution in [0.25, 0.3) is 0 Å². The molecule has 1 N–H and O–H groups in total. The number of ether oxygens (including phenoxy) is 1. The molecular formula is C18H28N2O. The molecule has 1 unspecified atom stereocenters. The molecule has 1 aromatic carbocycles. The molecule has 0 amide bonds. The van der Waals surface area contributed by atoms with Crippen LogP contribution in [0.3, 0.4) is 0 Å². The second-order valence-electron chi connectivity index (χ2n) is 6.63. The van der Waals surface area contributed by atoms with Crippen molar-refractivity contribution in [1.29, 1.82) is 0 Å². The third kappa shape index (κ3) is 3.18. The molecule has 21 heavy (non-hydrogen) atoms. The lowest BCUT2D eigenvalue weighted by molar-refractivity contribution is 0.200. The Morgan fingerprint density at radius 3 is 2.86 bits per heavy atom. The molecule has 1 spiro atoms. The van der Waals surface area contributed by atoms with E-state index in [4.69, 9.17) is 4.74 Å². The third-order valence-corrected chi connectivity index (χ3v) is 5.05. The van der Waals surface area contributed by atoms with Crippen molar-refractivity contribution in [1.82, 2.24) is 5.32 Å². The Kier molecular flexibility index (Phi) is 4.39. The van der Waals surface area contributed by atoms with Crippen molar-refractivity contribution in [3.05, 3.63) is 24.3 Å². The van der Waals surface area contributed by atoms with Gasteiger partial charge in [0.15, 0.2) is 0 Å². The molecule has 0 bridgehead atoms. The van der Waals surface area contributed by atoms with E-state index in [1.165, 1.54) is 37.8 Å². The van der Waals surface area contributed by atoms with E-state index in [1.807, 2.05) is 6.92 Å². The first kappa shape index (κ1) is 14.7. The van der Waals surface area contributed by atoms with Gasteiger partial charge in [0.25, 0.3) is 0 Å². The first-order valence-electron chi connectivity index (χ1n) is 8.47. The van der Waals surface area contributed by atoms with Gasteiger partial charge in [-0.25, -0.2) is 0 Å². The van der Waals surface area contributed by atoms with Gasteiger partial charge in [0.2, 0.25) is 0 Å². The summed E-state index contributed by atoms with van der Waals surface area (Å²) in [6.07, 6.45) is 6.78. The maximum Gasteiger partial charge on any atom is 0.121 e. The standard InChI is InChI=1S/C18H28N2O/c1-3-21-17-9-7-8-16(12-17)20-14-18(19-13-15(20)2)10-5-4-6-11-18/h7-9,12,15,19H,3-6,10-11,13-14H2,1-2H3. The number of hydrogen-bond acceptors (Lipinski definition) is 3. The highest BCUT2D eigenvalue weighted by Gasteiger charge is 2.38. The highest BCUT2D eigenvalue weighted by Crippen LogP contribution is 2.34. The monoisotopic (exact) mass is 288 g/mol. The minimum absolute atomic E-state index is 0.340. The third-order valence-electron chi connectivity index (χ3n) is 5.05. The Bertz CT molecular complexity index is 468. The second-order valence-corrected chi connectivity index (χ2v) is 6.63. The van der Waals surface area contributed by atoms with Crippen molar-refractivity contribution in [2.45, 2.75) is 57.5 Å². The molecule has 1 aliphatic carbocycles. The fourth-order valence-corrected chi connectivity index (χ4v) is 3.84. The van der Waals surface area contributed by atoms with Crippen LogP contribution in [-0.4, -0.2) is 31.3 Å². The molecule has 1 aliphatic heterocycles. The lowest BCUT2D eigenvalue weighted by Crippen LogP contribution is -2.64. The Hall–Kier alpha value is -1.22. The predicted octanol–water partition coefficient (Wildman–Crippen LogP) is 3.59. The van der Waals surface area contributed by atoms with Crippen molar-refractivity contribution < 1.29 is 4.74 Å². The van der Waals surface area contributed by atoms with Gasteiger partial charge in [-0.15, -0.1) is 0 Å². The Morgan fingerprint density at radius 1 is 1.29 bits per heavy atom. The van der Waals surface area contributed by atoms with Crippen LogP contribution in [0.2, 0.25) is 0 Å². The van der Waals surface area contributed by atoms with Crippen LogP contribution in [-0.2, 0) is 0 Å². The van der Waals surface area contributed by atoms with Gasteiger partial charge in [0.1, 0.15) is 5.75 Å². The summed E-state index contributed by atoms with van der Waals surface area (Å²) in [5.74, 6) is 0.985. The van der Waals surface area contributed by atoms with Gasteiger partial charge in [-0.2, -0.15) is 0 Å². The predicted molar refractivity (Wildman–Crippen MR) is 88.2 cm³/mol. The molecule has 3 nitrogen and oxygen atoms in total. The number of benzene rings is 1. The lowest BCUT2D eigenvalue weighted by Gasteiger charge is -2.50. The van der Waals surface area contributed by atoms with Gasteiger partial charge < -0.3 is 15.0 Å². The van der Waals surface area contributed by atoms with Gasteiger partial charge in [-0.1, -0.05) is 25.3 Å². The summed E-state index contributed by atoms with van der Waals surface area (Å²) in [4.78, 5) is 2.57. The zero-order valence-corrected chi connectivity index (χ0v) is 13.4. The van der Waals surface area contributed by atoms with Crippen LogP contribution < -0.4 is 15.0 Å². The summed E-state index contributed by atoms with van der Waals surface area (Å²) in [6.45, 7) is 7.29. The van der Waals surface area contributed by atoms with Gasteiger partial charge >= 0.3 is 0 Å². The molecule has 1 heterocycles. The lowest BCUT2D eigenvalue weighted by atomic mass is 9.79. The number of hydrogen-bond donors (Lipinski definition) is 1. The topological polar surface area (TPSA) is 24.5 Å². The van der Waals surface area contributed by atoms with E-state index in [-0.39, 0.29) is 0 Å². The summed E-state index contributed by atoms with van der Waals surface area (Å²) in [6, 6.07) is 9.12. The van der Waals surface area contributed by atoms with Gasteiger partial charge in [-0.3, -0.25) is 0 Å². The van der Waals surface area contributed by atoms with Crippen LogP contribution >= 0.6 is 0 Å². The fraction of sp³-hybridized carbons (Fsp3) is 0.667. The minimum Gasteiger partial charge on any atom is -0.494 e. The number of nitrogens with one attached hydrogen (secondary N) is 1. The number of anilines is 1.